The Labute approximate surface area is 245 Å². The van der Waals surface area contributed by atoms with Crippen molar-refractivity contribution >= 4 is 34.7 Å². The van der Waals surface area contributed by atoms with Crippen molar-refractivity contribution in [3.63, 3.8) is 0 Å². The normalized spacial score (nSPS) is 14.6. The number of unbranched alkanes of at least 4 members (excludes halogenated alkanes) is 7. The van der Waals surface area contributed by atoms with E-state index in [4.69, 9.17) is 0 Å². The van der Waals surface area contributed by atoms with Gasteiger partial charge in [0.2, 0.25) is 0 Å². The maximum absolute atomic E-state index is 12.4. The third-order valence-electron chi connectivity index (χ3n) is 8.53. The minimum Gasteiger partial charge on any atom is -0.504 e. The van der Waals surface area contributed by atoms with E-state index in [0.29, 0.717) is 17.6 Å². The van der Waals surface area contributed by atoms with Gasteiger partial charge in [0.15, 0.2) is 11.5 Å². The summed E-state index contributed by atoms with van der Waals surface area (Å²) in [5.41, 5.74) is 0.568. The van der Waals surface area contributed by atoms with Gasteiger partial charge in [0.25, 0.3) is 0 Å². The molecule has 0 aromatic heterocycles. The summed E-state index contributed by atoms with van der Waals surface area (Å²) in [6.07, 6.45) is 10.5. The second kappa shape index (κ2) is 15.1. The van der Waals surface area contributed by atoms with Crippen molar-refractivity contribution in [2.45, 2.75) is 64.7 Å². The zero-order chi connectivity index (χ0) is 29.1. The fourth-order valence-electron chi connectivity index (χ4n) is 6.22. The summed E-state index contributed by atoms with van der Waals surface area (Å²) >= 11 is 0. The molecule has 0 saturated carbocycles. The summed E-state index contributed by atoms with van der Waals surface area (Å²) in [5.74, 6) is -1.51. The van der Waals surface area contributed by atoms with Gasteiger partial charge >= 0.3 is 195 Å². The third kappa shape index (κ3) is 7.12. The van der Waals surface area contributed by atoms with Crippen LogP contribution in [0.4, 0.5) is 0 Å². The van der Waals surface area contributed by atoms with E-state index in [2.05, 4.69) is 91.0 Å². The van der Waals surface area contributed by atoms with Crippen LogP contribution < -0.4 is 15.9 Å². The van der Waals surface area contributed by atoms with Crippen LogP contribution in [0.25, 0.3) is 0 Å². The van der Waals surface area contributed by atoms with E-state index in [9.17, 15) is 19.8 Å². The van der Waals surface area contributed by atoms with Gasteiger partial charge in [-0.2, -0.15) is 0 Å². The fraction of sp³-hybridized carbons (Fsp3) is 0.333. The average Bonchev–Trinajstić information content (AvgIpc) is 3.02. The first-order valence-corrected chi connectivity index (χ1v) is 17.2. The Kier molecular flexibility index (Phi) is 11.2. The Morgan fingerprint density at radius 2 is 0.976 bits per heavy atom. The summed E-state index contributed by atoms with van der Waals surface area (Å²) in [6, 6.07) is 33.3. The molecule has 0 amide bonds. The summed E-state index contributed by atoms with van der Waals surface area (Å²) in [6.45, 7) is 0.998. The molecule has 0 saturated heterocycles. The first-order valence-electron chi connectivity index (χ1n) is 15.0. The van der Waals surface area contributed by atoms with E-state index in [1.54, 1.807) is 6.92 Å². The minimum atomic E-state index is -2.15. The number of hydrogen-bond donors (Lipinski definition) is 2. The number of aliphatic hydroxyl groups excluding tert-OH is 2. The van der Waals surface area contributed by atoms with Crippen LogP contribution in [-0.2, 0) is 9.59 Å². The van der Waals surface area contributed by atoms with Crippen LogP contribution in [0.5, 0.6) is 0 Å². The topological polar surface area (TPSA) is 74.6 Å². The average molecular weight is 571 g/mol. The molecule has 5 heteroatoms. The van der Waals surface area contributed by atoms with E-state index in [1.807, 2.05) is 0 Å². The second-order valence-corrected chi connectivity index (χ2v) is 15.1. The molecule has 0 radical (unpaired) electrons. The molecule has 2 N–H and O–H groups in total. The van der Waals surface area contributed by atoms with E-state index in [0.717, 1.165) is 25.7 Å². The first-order chi connectivity index (χ1) is 20.0. The van der Waals surface area contributed by atoms with Crippen molar-refractivity contribution in [2.24, 2.45) is 0 Å². The summed E-state index contributed by atoms with van der Waals surface area (Å²) in [5, 5.41) is 23.7. The molecule has 1 aliphatic rings. The molecule has 3 aromatic carbocycles. The van der Waals surface area contributed by atoms with Gasteiger partial charge in [-0.1, -0.05) is 0 Å². The van der Waals surface area contributed by atoms with Crippen molar-refractivity contribution in [3.8, 4) is 0 Å². The van der Waals surface area contributed by atoms with Crippen molar-refractivity contribution in [3.05, 3.63) is 113 Å². The van der Waals surface area contributed by atoms with Crippen LogP contribution in [-0.4, -0.2) is 34.5 Å². The number of carbonyl (C=O) groups excluding carboxylic acids is 2. The maximum atomic E-state index is 12.4. The Bertz CT molecular complexity index is 1260. The predicted octanol–water partition coefficient (Wildman–Crippen LogP) is 6.50. The molecule has 0 heterocycles. The number of Topliss-reactive ketones (excluding diaryl/α,β-unsaturated/α-hetero) is 2. The number of ketones is 2. The molecule has 0 atom stereocenters. The molecule has 41 heavy (non-hydrogen) atoms. The van der Waals surface area contributed by atoms with Gasteiger partial charge in [-0.15, -0.1) is 0 Å². The molecule has 4 nitrogen and oxygen atoms in total. The van der Waals surface area contributed by atoms with Crippen molar-refractivity contribution in [1.29, 1.82) is 0 Å². The molecular weight excluding hydrogens is 527 g/mol. The number of aliphatic hydroxyl groups is 2. The van der Waals surface area contributed by atoms with Crippen LogP contribution in [0.2, 0.25) is 0 Å². The van der Waals surface area contributed by atoms with Crippen LogP contribution >= 0.6 is 7.26 Å². The molecule has 3 aromatic rings. The van der Waals surface area contributed by atoms with E-state index in [1.165, 1.54) is 47.8 Å². The first kappa shape index (κ1) is 30.6. The van der Waals surface area contributed by atoms with Gasteiger partial charge < -0.3 is 10.2 Å². The molecule has 0 aliphatic heterocycles. The molecule has 0 unspecified atom stereocenters. The number of carbonyl (C=O) groups is 2. The van der Waals surface area contributed by atoms with Crippen molar-refractivity contribution < 1.29 is 19.8 Å². The molecule has 216 valence electrons. The van der Waals surface area contributed by atoms with Crippen molar-refractivity contribution in [1.82, 2.24) is 0 Å². The number of rotatable bonds is 15. The third-order valence-corrected chi connectivity index (χ3v) is 13.6. The molecule has 0 fully saturated rings. The van der Waals surface area contributed by atoms with Gasteiger partial charge in [-0.25, -0.2) is 0 Å². The SMILES string of the molecule is CC1=C(CCCCCCCCCC[PH](c2ccccc2)(c2ccccc2)c2ccccc2)C(=O)C(O)=C(CO)C1=O. The minimum absolute atomic E-state index is 0.188. The van der Waals surface area contributed by atoms with Crippen molar-refractivity contribution in [2.75, 3.05) is 12.8 Å². The summed E-state index contributed by atoms with van der Waals surface area (Å²) in [7, 11) is -2.15. The predicted molar refractivity (Wildman–Crippen MR) is 172 cm³/mol. The zero-order valence-electron chi connectivity index (χ0n) is 24.1. The molecule has 0 bridgehead atoms. The molecular formula is C36H43O4P. The Morgan fingerprint density at radius 1 is 0.561 bits per heavy atom. The molecule has 1 aliphatic carbocycles. The Hall–Kier alpha value is -3.33. The van der Waals surface area contributed by atoms with Crippen LogP contribution in [0.3, 0.4) is 0 Å². The smallest absolute Gasteiger partial charge is 0.504 e. The van der Waals surface area contributed by atoms with E-state index >= 15 is 0 Å². The van der Waals surface area contributed by atoms with Gasteiger partial charge in [-0.3, -0.25) is 9.59 Å². The monoisotopic (exact) mass is 570 g/mol. The molecule has 0 spiro atoms. The Balaban J connectivity index is 1.27. The van der Waals surface area contributed by atoms with Gasteiger partial charge in [0, 0.05) is 0 Å². The molecule has 4 rings (SSSR count). The zero-order valence-corrected chi connectivity index (χ0v) is 25.1. The second-order valence-electron chi connectivity index (χ2n) is 11.1. The fourth-order valence-corrected chi connectivity index (χ4v) is 11.2. The van der Waals surface area contributed by atoms with Gasteiger partial charge in [-0.05, 0) is 6.92 Å². The van der Waals surface area contributed by atoms with Crippen LogP contribution in [0.1, 0.15) is 64.7 Å². The van der Waals surface area contributed by atoms with Crippen LogP contribution in [0.15, 0.2) is 113 Å². The van der Waals surface area contributed by atoms with Crippen LogP contribution in [0, 0.1) is 0 Å². The number of allylic oxidation sites excluding steroid dienone is 2. The summed E-state index contributed by atoms with van der Waals surface area (Å²) < 4.78 is 0. The summed E-state index contributed by atoms with van der Waals surface area (Å²) in [4.78, 5) is 24.7. The quantitative estimate of drug-likeness (QED) is 0.124. The van der Waals surface area contributed by atoms with E-state index < -0.39 is 31.2 Å². The number of benzene rings is 3. The number of hydrogen-bond acceptors (Lipinski definition) is 4. The Morgan fingerprint density at radius 3 is 1.41 bits per heavy atom. The van der Waals surface area contributed by atoms with Gasteiger partial charge in [0.1, 0.15) is 0 Å². The van der Waals surface area contributed by atoms with E-state index in [-0.39, 0.29) is 5.57 Å². The standard InChI is InChI=1S/C36H43O4P/c1-28-32(35(39)36(40)33(27-37)34(28)38)25-17-6-4-2-3-5-7-18-26-41(29-19-11-8-12-20-29,30-21-13-9-14-22-30)31-23-15-10-16-24-31/h8-16,19-24,37,40-41H,2-7,17-18,25-27H2,1H3. The van der Waals surface area contributed by atoms with Gasteiger partial charge in [0.05, 0.1) is 12.2 Å².